The molecular weight excluding hydrogens is 228 g/mol. The van der Waals surface area contributed by atoms with Crippen molar-refractivity contribution >= 4 is 11.4 Å². The van der Waals surface area contributed by atoms with E-state index < -0.39 is 0 Å². The third-order valence-electron chi connectivity index (χ3n) is 3.68. The molecule has 1 fully saturated rings. The molecule has 0 radical (unpaired) electrons. The maximum absolute atomic E-state index is 11.0. The minimum Gasteiger partial charge on any atom is -0.377 e. The average Bonchev–Trinajstić information content (AvgIpc) is 2.57. The van der Waals surface area contributed by atoms with E-state index in [1.54, 1.807) is 12.1 Å². The van der Waals surface area contributed by atoms with E-state index in [9.17, 15) is 10.1 Å². The Morgan fingerprint density at radius 2 is 2.17 bits per heavy atom. The van der Waals surface area contributed by atoms with Gasteiger partial charge in [-0.15, -0.1) is 0 Å². The van der Waals surface area contributed by atoms with E-state index in [2.05, 4.69) is 19.2 Å². The van der Waals surface area contributed by atoms with Gasteiger partial charge in [0.2, 0.25) is 0 Å². The summed E-state index contributed by atoms with van der Waals surface area (Å²) >= 11 is 0. The van der Waals surface area contributed by atoms with Crippen LogP contribution in [0.1, 0.15) is 38.7 Å². The minimum absolute atomic E-state index is 0.172. The van der Waals surface area contributed by atoms with Gasteiger partial charge in [-0.3, -0.25) is 10.1 Å². The van der Waals surface area contributed by atoms with Gasteiger partial charge in [-0.05, 0) is 43.2 Å². The standard InChI is InChI=1S/C14H20N2O2/c1-10-4-5-13(16(17)18)12(8-10)15-11-6-7-14(2,3)9-11/h4-5,8,11,15H,6-7,9H2,1-3H3. The second-order valence-electron chi connectivity index (χ2n) is 6.03. The number of nitrogens with one attached hydrogen (secondary N) is 1. The fourth-order valence-corrected chi connectivity index (χ4v) is 2.70. The van der Waals surface area contributed by atoms with Crippen LogP contribution in [0.5, 0.6) is 0 Å². The number of rotatable bonds is 3. The van der Waals surface area contributed by atoms with Crippen molar-refractivity contribution in [2.45, 2.75) is 46.1 Å². The third kappa shape index (κ3) is 2.81. The Labute approximate surface area is 108 Å². The van der Waals surface area contributed by atoms with Crippen molar-refractivity contribution in [3.8, 4) is 0 Å². The van der Waals surface area contributed by atoms with Crippen molar-refractivity contribution in [1.82, 2.24) is 0 Å². The van der Waals surface area contributed by atoms with E-state index in [-0.39, 0.29) is 10.6 Å². The van der Waals surface area contributed by atoms with Crippen LogP contribution < -0.4 is 5.32 Å². The van der Waals surface area contributed by atoms with Crippen molar-refractivity contribution in [1.29, 1.82) is 0 Å². The first kappa shape index (κ1) is 12.9. The van der Waals surface area contributed by atoms with Gasteiger partial charge in [0.05, 0.1) is 4.92 Å². The van der Waals surface area contributed by atoms with Gasteiger partial charge in [0.25, 0.3) is 5.69 Å². The molecule has 1 aliphatic carbocycles. The highest BCUT2D eigenvalue weighted by atomic mass is 16.6. The van der Waals surface area contributed by atoms with Gasteiger partial charge < -0.3 is 5.32 Å². The SMILES string of the molecule is Cc1ccc([N+](=O)[O-])c(NC2CCC(C)(C)C2)c1. The molecule has 18 heavy (non-hydrogen) atoms. The molecule has 0 bridgehead atoms. The Morgan fingerprint density at radius 1 is 1.44 bits per heavy atom. The molecule has 1 unspecified atom stereocenters. The van der Waals surface area contributed by atoms with E-state index >= 15 is 0 Å². The van der Waals surface area contributed by atoms with Crippen LogP contribution in [0.25, 0.3) is 0 Å². The molecule has 4 heteroatoms. The van der Waals surface area contributed by atoms with E-state index in [1.165, 1.54) is 6.42 Å². The molecule has 0 amide bonds. The number of aryl methyl sites for hydroxylation is 1. The Hall–Kier alpha value is -1.58. The Kier molecular flexibility index (Phi) is 3.28. The number of benzene rings is 1. The molecule has 1 aromatic carbocycles. The van der Waals surface area contributed by atoms with E-state index in [1.807, 2.05) is 13.0 Å². The molecule has 98 valence electrons. The van der Waals surface area contributed by atoms with Gasteiger partial charge in [0.1, 0.15) is 5.69 Å². The molecule has 0 aromatic heterocycles. The zero-order chi connectivity index (χ0) is 13.3. The summed E-state index contributed by atoms with van der Waals surface area (Å²) < 4.78 is 0. The lowest BCUT2D eigenvalue weighted by Gasteiger charge is -2.18. The average molecular weight is 248 g/mol. The minimum atomic E-state index is -0.318. The van der Waals surface area contributed by atoms with Gasteiger partial charge in [-0.2, -0.15) is 0 Å². The van der Waals surface area contributed by atoms with Crippen LogP contribution in [0.2, 0.25) is 0 Å². The van der Waals surface area contributed by atoms with Crippen LogP contribution in [-0.4, -0.2) is 11.0 Å². The number of anilines is 1. The molecule has 2 rings (SSSR count). The first-order valence-corrected chi connectivity index (χ1v) is 6.39. The summed E-state index contributed by atoms with van der Waals surface area (Å²) in [5.74, 6) is 0. The molecular formula is C14H20N2O2. The van der Waals surface area contributed by atoms with Crippen molar-refractivity contribution in [3.63, 3.8) is 0 Å². The fourth-order valence-electron chi connectivity index (χ4n) is 2.70. The van der Waals surface area contributed by atoms with Crippen LogP contribution in [0, 0.1) is 22.5 Å². The summed E-state index contributed by atoms with van der Waals surface area (Å²) in [7, 11) is 0. The number of hydrogen-bond donors (Lipinski definition) is 1. The maximum atomic E-state index is 11.0. The second-order valence-corrected chi connectivity index (χ2v) is 6.03. The summed E-state index contributed by atoms with van der Waals surface area (Å²) in [6, 6.07) is 5.57. The lowest BCUT2D eigenvalue weighted by molar-refractivity contribution is -0.384. The molecule has 0 saturated heterocycles. The first-order chi connectivity index (χ1) is 8.37. The summed E-state index contributed by atoms with van der Waals surface area (Å²) in [5.41, 5.74) is 2.21. The highest BCUT2D eigenvalue weighted by Crippen LogP contribution is 2.39. The normalized spacial score (nSPS) is 21.8. The highest BCUT2D eigenvalue weighted by molar-refractivity contribution is 5.63. The van der Waals surface area contributed by atoms with Crippen LogP contribution >= 0.6 is 0 Å². The molecule has 1 atom stereocenters. The third-order valence-corrected chi connectivity index (χ3v) is 3.68. The lowest BCUT2D eigenvalue weighted by Crippen LogP contribution is -2.18. The van der Waals surface area contributed by atoms with Gasteiger partial charge in [0, 0.05) is 12.1 Å². The number of hydrogen-bond acceptors (Lipinski definition) is 3. The Balaban J connectivity index is 2.18. The molecule has 0 aliphatic heterocycles. The predicted molar refractivity (Wildman–Crippen MR) is 72.9 cm³/mol. The zero-order valence-corrected chi connectivity index (χ0v) is 11.2. The number of nitrogens with zero attached hydrogens (tertiary/aromatic N) is 1. The molecule has 0 heterocycles. The topological polar surface area (TPSA) is 55.2 Å². The molecule has 4 nitrogen and oxygen atoms in total. The lowest BCUT2D eigenvalue weighted by atomic mass is 9.92. The van der Waals surface area contributed by atoms with Crippen molar-refractivity contribution in [2.75, 3.05) is 5.32 Å². The van der Waals surface area contributed by atoms with E-state index in [4.69, 9.17) is 0 Å². The van der Waals surface area contributed by atoms with Gasteiger partial charge in [-0.1, -0.05) is 19.9 Å². The predicted octanol–water partition coefficient (Wildman–Crippen LogP) is 3.89. The number of nitro benzene ring substituents is 1. The molecule has 1 N–H and O–H groups in total. The van der Waals surface area contributed by atoms with Crippen LogP contribution in [-0.2, 0) is 0 Å². The summed E-state index contributed by atoms with van der Waals surface area (Å²) in [6.45, 7) is 6.45. The molecule has 0 spiro atoms. The van der Waals surface area contributed by atoms with Crippen molar-refractivity contribution in [2.24, 2.45) is 5.41 Å². The highest BCUT2D eigenvalue weighted by Gasteiger charge is 2.31. The number of nitro groups is 1. The molecule has 1 aromatic rings. The van der Waals surface area contributed by atoms with Crippen molar-refractivity contribution in [3.05, 3.63) is 33.9 Å². The largest absolute Gasteiger partial charge is 0.377 e. The smallest absolute Gasteiger partial charge is 0.292 e. The first-order valence-electron chi connectivity index (χ1n) is 6.39. The Morgan fingerprint density at radius 3 is 2.72 bits per heavy atom. The van der Waals surface area contributed by atoms with Gasteiger partial charge in [0.15, 0.2) is 0 Å². The fraction of sp³-hybridized carbons (Fsp3) is 0.571. The summed E-state index contributed by atoms with van der Waals surface area (Å²) in [6.07, 6.45) is 3.32. The van der Waals surface area contributed by atoms with Gasteiger partial charge >= 0.3 is 0 Å². The summed E-state index contributed by atoms with van der Waals surface area (Å²) in [5, 5.41) is 14.3. The van der Waals surface area contributed by atoms with E-state index in [0.717, 1.165) is 18.4 Å². The maximum Gasteiger partial charge on any atom is 0.292 e. The quantitative estimate of drug-likeness (QED) is 0.652. The van der Waals surface area contributed by atoms with Crippen molar-refractivity contribution < 1.29 is 4.92 Å². The van der Waals surface area contributed by atoms with E-state index in [0.29, 0.717) is 17.1 Å². The summed E-state index contributed by atoms with van der Waals surface area (Å²) in [4.78, 5) is 10.7. The Bertz CT molecular complexity index is 469. The van der Waals surface area contributed by atoms with Crippen LogP contribution in [0.15, 0.2) is 18.2 Å². The molecule has 1 aliphatic rings. The van der Waals surface area contributed by atoms with Crippen LogP contribution in [0.4, 0.5) is 11.4 Å². The monoisotopic (exact) mass is 248 g/mol. The van der Waals surface area contributed by atoms with Crippen LogP contribution in [0.3, 0.4) is 0 Å². The zero-order valence-electron chi connectivity index (χ0n) is 11.2. The van der Waals surface area contributed by atoms with Gasteiger partial charge in [-0.25, -0.2) is 0 Å². The molecule has 1 saturated carbocycles. The second kappa shape index (κ2) is 4.59.